The summed E-state index contributed by atoms with van der Waals surface area (Å²) < 4.78 is 16.1. The number of amides is 2. The summed E-state index contributed by atoms with van der Waals surface area (Å²) in [6, 6.07) is 19.0. The Morgan fingerprint density at radius 2 is 1.62 bits per heavy atom. The molecule has 34 heavy (non-hydrogen) atoms. The molecule has 0 aliphatic heterocycles. The predicted octanol–water partition coefficient (Wildman–Crippen LogP) is 3.51. The molecule has 2 N–H and O–H groups in total. The molecule has 3 rings (SSSR count). The van der Waals surface area contributed by atoms with Crippen LogP contribution in [-0.2, 0) is 4.79 Å². The first kappa shape index (κ1) is 24.1. The minimum atomic E-state index is -0.895. The van der Waals surface area contributed by atoms with Crippen LogP contribution in [0.4, 0.5) is 5.69 Å². The largest absolute Gasteiger partial charge is 0.493 e. The summed E-state index contributed by atoms with van der Waals surface area (Å²) in [7, 11) is 1.33. The number of hydrazine groups is 1. The van der Waals surface area contributed by atoms with Crippen molar-refractivity contribution < 1.29 is 28.7 Å². The number of benzene rings is 3. The second kappa shape index (κ2) is 11.3. The SMILES string of the molecule is CCOc1cc(C(=O)NNC(=O)COc2ccccc2-c2ccccc2)c([N+](=O)[O-])cc1OC. The van der Waals surface area contributed by atoms with Crippen molar-refractivity contribution in [2.24, 2.45) is 0 Å². The molecule has 3 aromatic carbocycles. The second-order valence-corrected chi connectivity index (χ2v) is 6.86. The van der Waals surface area contributed by atoms with E-state index >= 15 is 0 Å². The van der Waals surface area contributed by atoms with E-state index < -0.39 is 22.4 Å². The zero-order valence-corrected chi connectivity index (χ0v) is 18.6. The third-order valence-corrected chi connectivity index (χ3v) is 4.67. The lowest BCUT2D eigenvalue weighted by molar-refractivity contribution is -0.385. The van der Waals surface area contributed by atoms with E-state index in [2.05, 4.69) is 10.9 Å². The highest BCUT2D eigenvalue weighted by Crippen LogP contribution is 2.34. The lowest BCUT2D eigenvalue weighted by atomic mass is 10.1. The number of carbonyl (C=O) groups is 2. The fraction of sp³-hybridized carbons (Fsp3) is 0.167. The molecule has 2 amide bonds. The Kier molecular flexibility index (Phi) is 8.01. The van der Waals surface area contributed by atoms with E-state index in [-0.39, 0.29) is 30.3 Å². The summed E-state index contributed by atoms with van der Waals surface area (Å²) in [6.45, 7) is 1.59. The van der Waals surface area contributed by atoms with Gasteiger partial charge in [-0.05, 0) is 18.6 Å². The molecule has 0 heterocycles. The summed E-state index contributed by atoms with van der Waals surface area (Å²) in [4.78, 5) is 35.5. The molecule has 0 aliphatic carbocycles. The quantitative estimate of drug-likeness (QED) is 0.365. The second-order valence-electron chi connectivity index (χ2n) is 6.86. The van der Waals surface area contributed by atoms with Gasteiger partial charge in [0.05, 0.1) is 24.7 Å². The summed E-state index contributed by atoms with van der Waals surface area (Å²) >= 11 is 0. The number of methoxy groups -OCH3 is 1. The number of nitro benzene ring substituents is 1. The number of ether oxygens (including phenoxy) is 3. The topological polar surface area (TPSA) is 129 Å². The van der Waals surface area contributed by atoms with E-state index in [0.717, 1.165) is 17.2 Å². The molecule has 0 unspecified atom stereocenters. The molecular weight excluding hydrogens is 442 g/mol. The van der Waals surface area contributed by atoms with Crippen molar-refractivity contribution in [2.75, 3.05) is 20.3 Å². The molecular formula is C24H23N3O7. The van der Waals surface area contributed by atoms with Gasteiger partial charge in [-0.3, -0.25) is 30.6 Å². The number of carbonyl (C=O) groups excluding carboxylic acids is 2. The van der Waals surface area contributed by atoms with E-state index in [1.54, 1.807) is 19.1 Å². The average molecular weight is 465 g/mol. The Labute approximate surface area is 195 Å². The highest BCUT2D eigenvalue weighted by molar-refractivity contribution is 6.00. The van der Waals surface area contributed by atoms with Crippen LogP contribution in [0, 0.1) is 10.1 Å². The van der Waals surface area contributed by atoms with Crippen LogP contribution in [0.1, 0.15) is 17.3 Å². The molecule has 0 saturated carbocycles. The minimum absolute atomic E-state index is 0.111. The molecule has 10 heteroatoms. The molecule has 0 aliphatic rings. The lowest BCUT2D eigenvalue weighted by Gasteiger charge is -2.13. The Morgan fingerprint density at radius 1 is 0.912 bits per heavy atom. The zero-order valence-electron chi connectivity index (χ0n) is 18.6. The summed E-state index contributed by atoms with van der Waals surface area (Å²) in [5.74, 6) is -0.791. The lowest BCUT2D eigenvalue weighted by Crippen LogP contribution is -2.44. The van der Waals surface area contributed by atoms with Gasteiger partial charge in [-0.25, -0.2) is 0 Å². The van der Waals surface area contributed by atoms with Gasteiger partial charge in [0.1, 0.15) is 11.3 Å². The predicted molar refractivity (Wildman–Crippen MR) is 124 cm³/mol. The normalized spacial score (nSPS) is 10.2. The molecule has 176 valence electrons. The van der Waals surface area contributed by atoms with E-state index in [4.69, 9.17) is 14.2 Å². The van der Waals surface area contributed by atoms with Crippen molar-refractivity contribution in [2.45, 2.75) is 6.92 Å². The Bertz CT molecular complexity index is 1180. The number of rotatable bonds is 9. The van der Waals surface area contributed by atoms with E-state index in [1.165, 1.54) is 13.2 Å². The van der Waals surface area contributed by atoms with Gasteiger partial charge in [0, 0.05) is 11.6 Å². The monoisotopic (exact) mass is 465 g/mol. The molecule has 3 aromatic rings. The van der Waals surface area contributed by atoms with Crippen LogP contribution in [0.3, 0.4) is 0 Å². The maximum absolute atomic E-state index is 12.6. The van der Waals surface area contributed by atoms with Gasteiger partial charge in [-0.15, -0.1) is 0 Å². The molecule has 0 spiro atoms. The summed E-state index contributed by atoms with van der Waals surface area (Å²) in [5, 5.41) is 11.4. The average Bonchev–Trinajstić information content (AvgIpc) is 2.86. The third kappa shape index (κ3) is 5.80. The molecule has 10 nitrogen and oxygen atoms in total. The van der Waals surface area contributed by atoms with Crippen LogP contribution in [0.2, 0.25) is 0 Å². The molecule has 0 aromatic heterocycles. The Morgan fingerprint density at radius 3 is 2.29 bits per heavy atom. The first-order chi connectivity index (χ1) is 16.4. The Balaban J connectivity index is 1.67. The van der Waals surface area contributed by atoms with Gasteiger partial charge >= 0.3 is 0 Å². The number of nitrogens with one attached hydrogen (secondary N) is 2. The van der Waals surface area contributed by atoms with Gasteiger partial charge in [0.2, 0.25) is 0 Å². The maximum atomic E-state index is 12.6. The van der Waals surface area contributed by atoms with Crippen LogP contribution >= 0.6 is 0 Å². The van der Waals surface area contributed by atoms with Crippen LogP contribution < -0.4 is 25.1 Å². The van der Waals surface area contributed by atoms with Crippen molar-refractivity contribution in [3.63, 3.8) is 0 Å². The van der Waals surface area contributed by atoms with Crippen molar-refractivity contribution >= 4 is 17.5 Å². The molecule has 0 radical (unpaired) electrons. The fourth-order valence-electron chi connectivity index (χ4n) is 3.13. The van der Waals surface area contributed by atoms with Crippen LogP contribution in [0.5, 0.6) is 17.2 Å². The summed E-state index contributed by atoms with van der Waals surface area (Å²) in [5.41, 5.74) is 5.28. The van der Waals surface area contributed by atoms with Gasteiger partial charge in [0.15, 0.2) is 18.1 Å². The number of nitro groups is 1. The van der Waals surface area contributed by atoms with Gasteiger partial charge in [0.25, 0.3) is 17.5 Å². The molecule has 0 atom stereocenters. The van der Waals surface area contributed by atoms with E-state index in [1.807, 2.05) is 42.5 Å². The smallest absolute Gasteiger partial charge is 0.286 e. The number of nitrogens with zero attached hydrogens (tertiary/aromatic N) is 1. The highest BCUT2D eigenvalue weighted by Gasteiger charge is 2.25. The first-order valence-electron chi connectivity index (χ1n) is 10.3. The zero-order chi connectivity index (χ0) is 24.5. The standard InChI is InChI=1S/C24H23N3O7/c1-3-33-22-13-18(19(27(30)31)14-21(22)32-2)24(29)26-25-23(28)15-34-20-12-8-7-11-17(20)16-9-5-4-6-10-16/h4-14H,3,15H2,1-2H3,(H,25,28)(H,26,29). The third-order valence-electron chi connectivity index (χ3n) is 4.67. The Hall–Kier alpha value is -4.60. The number of para-hydroxylation sites is 1. The minimum Gasteiger partial charge on any atom is -0.493 e. The van der Waals surface area contributed by atoms with Gasteiger partial charge in [-0.1, -0.05) is 48.5 Å². The van der Waals surface area contributed by atoms with E-state index in [0.29, 0.717) is 5.75 Å². The van der Waals surface area contributed by atoms with Crippen molar-refractivity contribution in [1.29, 1.82) is 0 Å². The van der Waals surface area contributed by atoms with Crippen molar-refractivity contribution in [3.05, 3.63) is 82.4 Å². The van der Waals surface area contributed by atoms with Crippen molar-refractivity contribution in [3.8, 4) is 28.4 Å². The maximum Gasteiger partial charge on any atom is 0.286 e. The highest BCUT2D eigenvalue weighted by atomic mass is 16.6. The van der Waals surface area contributed by atoms with Crippen LogP contribution in [-0.4, -0.2) is 37.1 Å². The van der Waals surface area contributed by atoms with Gasteiger partial charge in [-0.2, -0.15) is 0 Å². The number of hydrogen-bond acceptors (Lipinski definition) is 7. The summed E-state index contributed by atoms with van der Waals surface area (Å²) in [6.07, 6.45) is 0. The van der Waals surface area contributed by atoms with Crippen molar-refractivity contribution in [1.82, 2.24) is 10.9 Å². The van der Waals surface area contributed by atoms with Crippen LogP contribution in [0.15, 0.2) is 66.7 Å². The number of hydrogen-bond donors (Lipinski definition) is 2. The molecule has 0 saturated heterocycles. The molecule has 0 fully saturated rings. The first-order valence-corrected chi connectivity index (χ1v) is 10.3. The van der Waals surface area contributed by atoms with Crippen LogP contribution in [0.25, 0.3) is 11.1 Å². The van der Waals surface area contributed by atoms with E-state index in [9.17, 15) is 19.7 Å². The van der Waals surface area contributed by atoms with Gasteiger partial charge < -0.3 is 14.2 Å². The fourth-order valence-corrected chi connectivity index (χ4v) is 3.13. The molecule has 0 bridgehead atoms.